The lowest BCUT2D eigenvalue weighted by Crippen LogP contribution is -2.04. The second-order valence-electron chi connectivity index (χ2n) is 6.65. The number of anilines is 1. The molecule has 0 aliphatic carbocycles. The first kappa shape index (κ1) is 16.5. The summed E-state index contributed by atoms with van der Waals surface area (Å²) in [5.41, 5.74) is 9.65. The Labute approximate surface area is 143 Å². The van der Waals surface area contributed by atoms with Gasteiger partial charge in [-0.2, -0.15) is 0 Å². The average Bonchev–Trinajstić information content (AvgIpc) is 2.61. The Balaban J connectivity index is 2.08. The van der Waals surface area contributed by atoms with E-state index in [1.807, 2.05) is 30.3 Å². The number of nitrogens with two attached hydrogens (primary N) is 1. The number of aliphatic hydroxyl groups is 1. The van der Waals surface area contributed by atoms with Crippen LogP contribution in [-0.4, -0.2) is 5.11 Å². The fraction of sp³-hybridized carbons (Fsp3) is 0.273. The Hall–Kier alpha value is -2.32. The van der Waals surface area contributed by atoms with Crippen LogP contribution < -0.4 is 5.73 Å². The summed E-state index contributed by atoms with van der Waals surface area (Å²) in [7, 11) is 0. The third-order valence-corrected chi connectivity index (χ3v) is 4.83. The predicted octanol–water partition coefficient (Wildman–Crippen LogP) is 5.09. The SMILES string of the molecule is CCC(C)Cc1ccc(C(O)c2cccc(N)c2)c2ccccc12. The van der Waals surface area contributed by atoms with E-state index in [4.69, 9.17) is 5.73 Å². The normalized spacial score (nSPS) is 13.8. The molecule has 3 rings (SSSR count). The van der Waals surface area contributed by atoms with E-state index in [9.17, 15) is 5.11 Å². The van der Waals surface area contributed by atoms with Crippen LogP contribution in [0, 0.1) is 5.92 Å². The highest BCUT2D eigenvalue weighted by Gasteiger charge is 2.16. The zero-order chi connectivity index (χ0) is 17.1. The monoisotopic (exact) mass is 319 g/mol. The molecule has 0 fully saturated rings. The Bertz CT molecular complexity index is 840. The van der Waals surface area contributed by atoms with Crippen molar-refractivity contribution in [3.05, 3.63) is 77.4 Å². The van der Waals surface area contributed by atoms with Crippen molar-refractivity contribution in [2.75, 3.05) is 5.73 Å². The van der Waals surface area contributed by atoms with Crippen molar-refractivity contribution in [2.45, 2.75) is 32.8 Å². The molecule has 0 heterocycles. The molecule has 24 heavy (non-hydrogen) atoms. The van der Waals surface area contributed by atoms with Crippen molar-refractivity contribution in [1.29, 1.82) is 0 Å². The van der Waals surface area contributed by atoms with Gasteiger partial charge in [0.2, 0.25) is 0 Å². The van der Waals surface area contributed by atoms with Crippen LogP contribution in [-0.2, 0) is 6.42 Å². The fourth-order valence-electron chi connectivity index (χ4n) is 3.23. The van der Waals surface area contributed by atoms with Crippen molar-refractivity contribution in [3.8, 4) is 0 Å². The summed E-state index contributed by atoms with van der Waals surface area (Å²) in [5.74, 6) is 0.651. The second-order valence-corrected chi connectivity index (χ2v) is 6.65. The molecule has 0 radical (unpaired) electrons. The van der Waals surface area contributed by atoms with Crippen LogP contribution in [0.3, 0.4) is 0 Å². The third kappa shape index (κ3) is 3.29. The Morgan fingerprint density at radius 1 is 0.958 bits per heavy atom. The van der Waals surface area contributed by atoms with Gasteiger partial charge < -0.3 is 10.8 Å². The van der Waals surface area contributed by atoms with Gasteiger partial charge in [0, 0.05) is 5.69 Å². The van der Waals surface area contributed by atoms with E-state index in [1.54, 1.807) is 0 Å². The lowest BCUT2D eigenvalue weighted by Gasteiger charge is -2.18. The van der Waals surface area contributed by atoms with Gasteiger partial charge in [0.15, 0.2) is 0 Å². The standard InChI is InChI=1S/C22H25NO/c1-3-15(2)13-16-11-12-21(20-10-5-4-9-19(16)20)22(24)17-7-6-8-18(23)14-17/h4-12,14-15,22,24H,3,13,23H2,1-2H3. The van der Waals surface area contributed by atoms with Crippen LogP contribution in [0.4, 0.5) is 5.69 Å². The summed E-state index contributed by atoms with van der Waals surface area (Å²) in [6.45, 7) is 4.51. The molecule has 0 saturated heterocycles. The van der Waals surface area contributed by atoms with Crippen molar-refractivity contribution in [2.24, 2.45) is 5.92 Å². The summed E-state index contributed by atoms with van der Waals surface area (Å²) in [6, 6.07) is 20.1. The summed E-state index contributed by atoms with van der Waals surface area (Å²) in [4.78, 5) is 0. The number of hydrogen-bond acceptors (Lipinski definition) is 2. The molecule has 0 aliphatic heterocycles. The highest BCUT2D eigenvalue weighted by Crippen LogP contribution is 2.32. The van der Waals surface area contributed by atoms with E-state index in [1.165, 1.54) is 17.4 Å². The minimum Gasteiger partial charge on any atom is -0.399 e. The van der Waals surface area contributed by atoms with Gasteiger partial charge in [-0.25, -0.2) is 0 Å². The first-order valence-electron chi connectivity index (χ1n) is 8.64. The molecular weight excluding hydrogens is 294 g/mol. The molecular formula is C22H25NO. The Morgan fingerprint density at radius 3 is 2.42 bits per heavy atom. The van der Waals surface area contributed by atoms with Gasteiger partial charge >= 0.3 is 0 Å². The van der Waals surface area contributed by atoms with Gasteiger partial charge in [0.25, 0.3) is 0 Å². The van der Waals surface area contributed by atoms with Gasteiger partial charge in [0.1, 0.15) is 6.10 Å². The summed E-state index contributed by atoms with van der Waals surface area (Å²) >= 11 is 0. The Kier molecular flexibility index (Phi) is 4.86. The first-order valence-corrected chi connectivity index (χ1v) is 8.64. The molecule has 3 N–H and O–H groups in total. The maximum atomic E-state index is 10.9. The van der Waals surface area contributed by atoms with Gasteiger partial charge in [-0.05, 0) is 51.9 Å². The average molecular weight is 319 g/mol. The van der Waals surface area contributed by atoms with Crippen LogP contribution in [0.15, 0.2) is 60.7 Å². The maximum absolute atomic E-state index is 10.9. The quantitative estimate of drug-likeness (QED) is 0.643. The Morgan fingerprint density at radius 2 is 1.71 bits per heavy atom. The molecule has 0 spiro atoms. The van der Waals surface area contributed by atoms with E-state index in [0.29, 0.717) is 11.6 Å². The van der Waals surface area contributed by atoms with Crippen LogP contribution in [0.25, 0.3) is 10.8 Å². The zero-order valence-electron chi connectivity index (χ0n) is 14.4. The van der Waals surface area contributed by atoms with Gasteiger partial charge in [-0.3, -0.25) is 0 Å². The second kappa shape index (κ2) is 7.06. The third-order valence-electron chi connectivity index (χ3n) is 4.83. The highest BCUT2D eigenvalue weighted by atomic mass is 16.3. The molecule has 0 aliphatic rings. The van der Waals surface area contributed by atoms with E-state index in [0.717, 1.165) is 22.9 Å². The number of fused-ring (bicyclic) bond motifs is 1. The van der Waals surface area contributed by atoms with Gasteiger partial charge in [-0.15, -0.1) is 0 Å². The van der Waals surface area contributed by atoms with Crippen molar-refractivity contribution in [1.82, 2.24) is 0 Å². The van der Waals surface area contributed by atoms with Crippen molar-refractivity contribution < 1.29 is 5.11 Å². The van der Waals surface area contributed by atoms with Crippen LogP contribution in [0.1, 0.15) is 43.1 Å². The molecule has 3 aromatic carbocycles. The molecule has 2 heteroatoms. The molecule has 2 unspecified atom stereocenters. The minimum atomic E-state index is -0.670. The zero-order valence-corrected chi connectivity index (χ0v) is 14.4. The highest BCUT2D eigenvalue weighted by molar-refractivity contribution is 5.89. The smallest absolute Gasteiger partial charge is 0.105 e. The number of rotatable bonds is 5. The molecule has 124 valence electrons. The molecule has 2 nitrogen and oxygen atoms in total. The fourth-order valence-corrected chi connectivity index (χ4v) is 3.23. The first-order chi connectivity index (χ1) is 11.6. The van der Waals surface area contributed by atoms with E-state index in [2.05, 4.69) is 44.2 Å². The molecule has 0 bridgehead atoms. The lowest BCUT2D eigenvalue weighted by atomic mass is 9.89. The van der Waals surface area contributed by atoms with E-state index >= 15 is 0 Å². The van der Waals surface area contributed by atoms with Crippen molar-refractivity contribution in [3.63, 3.8) is 0 Å². The van der Waals surface area contributed by atoms with Gasteiger partial charge in [-0.1, -0.05) is 68.8 Å². The molecule has 0 amide bonds. The number of hydrogen-bond donors (Lipinski definition) is 2. The number of aliphatic hydroxyl groups excluding tert-OH is 1. The summed E-state index contributed by atoms with van der Waals surface area (Å²) < 4.78 is 0. The molecule has 3 aromatic rings. The van der Waals surface area contributed by atoms with Crippen LogP contribution in [0.2, 0.25) is 0 Å². The predicted molar refractivity (Wildman–Crippen MR) is 102 cm³/mol. The van der Waals surface area contributed by atoms with Crippen LogP contribution in [0.5, 0.6) is 0 Å². The molecule has 0 aromatic heterocycles. The number of nitrogen functional groups attached to an aromatic ring is 1. The lowest BCUT2D eigenvalue weighted by molar-refractivity contribution is 0.222. The van der Waals surface area contributed by atoms with Gasteiger partial charge in [0.05, 0.1) is 0 Å². The minimum absolute atomic E-state index is 0.651. The summed E-state index contributed by atoms with van der Waals surface area (Å²) in [5, 5.41) is 13.2. The largest absolute Gasteiger partial charge is 0.399 e. The van der Waals surface area contributed by atoms with E-state index in [-0.39, 0.29) is 0 Å². The van der Waals surface area contributed by atoms with E-state index < -0.39 is 6.10 Å². The maximum Gasteiger partial charge on any atom is 0.105 e. The van der Waals surface area contributed by atoms with Crippen molar-refractivity contribution >= 4 is 16.5 Å². The van der Waals surface area contributed by atoms with Crippen LogP contribution >= 0.6 is 0 Å². The topological polar surface area (TPSA) is 46.2 Å². The molecule has 0 saturated carbocycles. The summed E-state index contributed by atoms with van der Waals surface area (Å²) in [6.07, 6.45) is 1.56. The molecule has 2 atom stereocenters. The number of benzene rings is 3.